The van der Waals surface area contributed by atoms with Crippen molar-refractivity contribution in [3.05, 3.63) is 46.8 Å². The summed E-state index contributed by atoms with van der Waals surface area (Å²) in [4.78, 5) is 0. The summed E-state index contributed by atoms with van der Waals surface area (Å²) < 4.78 is 7.42. The van der Waals surface area contributed by atoms with Gasteiger partial charge in [-0.1, -0.05) is 17.7 Å². The number of nitrogens with zero attached hydrogens (tertiary/aromatic N) is 2. The molecule has 0 fully saturated rings. The van der Waals surface area contributed by atoms with Crippen LogP contribution in [-0.4, -0.2) is 9.78 Å². The van der Waals surface area contributed by atoms with Crippen LogP contribution < -0.4 is 5.73 Å². The second-order valence-electron chi connectivity index (χ2n) is 4.32. The predicted molar refractivity (Wildman–Crippen MR) is 64.7 cm³/mol. The van der Waals surface area contributed by atoms with Crippen LogP contribution in [0.15, 0.2) is 24.3 Å². The van der Waals surface area contributed by atoms with Gasteiger partial charge >= 0.3 is 0 Å². The molecule has 0 aliphatic carbocycles. The number of aryl methyl sites for hydroxylation is 1. The smallest absolute Gasteiger partial charge is 0.0897 e. The van der Waals surface area contributed by atoms with Gasteiger partial charge < -0.3 is 10.5 Å². The highest BCUT2D eigenvalue weighted by Gasteiger charge is 2.22. The van der Waals surface area contributed by atoms with Crippen molar-refractivity contribution in [2.75, 3.05) is 0 Å². The number of rotatable bonds is 2. The molecule has 0 atom stereocenters. The fourth-order valence-corrected chi connectivity index (χ4v) is 2.16. The molecule has 0 unspecified atom stereocenters. The lowest BCUT2D eigenvalue weighted by Gasteiger charge is -2.05. The summed E-state index contributed by atoms with van der Waals surface area (Å²) in [5.41, 5.74) is 11.3. The van der Waals surface area contributed by atoms with E-state index >= 15 is 0 Å². The monoisotopic (exact) mass is 229 g/mol. The van der Waals surface area contributed by atoms with Gasteiger partial charge in [0.25, 0.3) is 0 Å². The summed E-state index contributed by atoms with van der Waals surface area (Å²) in [5.74, 6) is 0. The lowest BCUT2D eigenvalue weighted by molar-refractivity contribution is 0.130. The van der Waals surface area contributed by atoms with Crippen molar-refractivity contribution < 1.29 is 4.74 Å². The first-order chi connectivity index (χ1) is 8.29. The van der Waals surface area contributed by atoms with E-state index in [0.29, 0.717) is 19.8 Å². The first-order valence-electron chi connectivity index (χ1n) is 5.74. The second kappa shape index (κ2) is 3.98. The Bertz CT molecular complexity index is 543. The minimum atomic E-state index is 0.463. The Kier molecular flexibility index (Phi) is 2.46. The summed E-state index contributed by atoms with van der Waals surface area (Å²) in [7, 11) is 0. The molecule has 88 valence electrons. The highest BCUT2D eigenvalue weighted by Crippen LogP contribution is 2.25. The fraction of sp³-hybridized carbons (Fsp3) is 0.308. The molecule has 0 saturated heterocycles. The summed E-state index contributed by atoms with van der Waals surface area (Å²) >= 11 is 0. The van der Waals surface area contributed by atoms with Gasteiger partial charge in [-0.3, -0.25) is 0 Å². The van der Waals surface area contributed by atoms with Crippen LogP contribution in [-0.2, 0) is 24.5 Å². The zero-order valence-corrected chi connectivity index (χ0v) is 9.81. The highest BCUT2D eigenvalue weighted by atomic mass is 16.5. The Morgan fingerprint density at radius 1 is 1.29 bits per heavy atom. The van der Waals surface area contributed by atoms with Gasteiger partial charge in [0.05, 0.1) is 30.3 Å². The van der Waals surface area contributed by atoms with E-state index in [1.165, 1.54) is 5.56 Å². The third-order valence-corrected chi connectivity index (χ3v) is 3.13. The minimum Gasteiger partial charge on any atom is -0.370 e. The average Bonchev–Trinajstić information content (AvgIpc) is 2.91. The van der Waals surface area contributed by atoms with Crippen LogP contribution in [0.2, 0.25) is 0 Å². The molecule has 0 amide bonds. The van der Waals surface area contributed by atoms with E-state index in [2.05, 4.69) is 36.3 Å². The first kappa shape index (κ1) is 10.5. The van der Waals surface area contributed by atoms with Gasteiger partial charge in [-0.05, 0) is 19.1 Å². The van der Waals surface area contributed by atoms with Crippen molar-refractivity contribution in [2.24, 2.45) is 5.73 Å². The van der Waals surface area contributed by atoms with E-state index in [9.17, 15) is 0 Å². The van der Waals surface area contributed by atoms with Crippen LogP contribution in [0.25, 0.3) is 5.69 Å². The third-order valence-electron chi connectivity index (χ3n) is 3.13. The van der Waals surface area contributed by atoms with E-state index in [1.54, 1.807) is 0 Å². The van der Waals surface area contributed by atoms with Crippen molar-refractivity contribution >= 4 is 0 Å². The van der Waals surface area contributed by atoms with Crippen molar-refractivity contribution in [3.63, 3.8) is 0 Å². The molecule has 1 aromatic heterocycles. The topological polar surface area (TPSA) is 53.1 Å². The molecule has 4 heteroatoms. The fourth-order valence-electron chi connectivity index (χ4n) is 2.16. The molecule has 2 N–H and O–H groups in total. The molecule has 1 aliphatic heterocycles. The summed E-state index contributed by atoms with van der Waals surface area (Å²) in [6, 6.07) is 8.31. The lowest BCUT2D eigenvalue weighted by atomic mass is 10.2. The molecule has 0 bridgehead atoms. The maximum Gasteiger partial charge on any atom is 0.0897 e. The van der Waals surface area contributed by atoms with Gasteiger partial charge in [-0.25, -0.2) is 4.68 Å². The molecule has 0 saturated carbocycles. The lowest BCUT2D eigenvalue weighted by Crippen LogP contribution is -2.04. The van der Waals surface area contributed by atoms with Crippen LogP contribution in [0.1, 0.15) is 22.5 Å². The quantitative estimate of drug-likeness (QED) is 0.852. The van der Waals surface area contributed by atoms with Gasteiger partial charge in [0.1, 0.15) is 0 Å². The molecule has 3 rings (SSSR count). The van der Waals surface area contributed by atoms with E-state index < -0.39 is 0 Å². The van der Waals surface area contributed by atoms with E-state index in [0.717, 1.165) is 22.6 Å². The number of hydrogen-bond donors (Lipinski definition) is 1. The Morgan fingerprint density at radius 2 is 2.06 bits per heavy atom. The summed E-state index contributed by atoms with van der Waals surface area (Å²) in [6.07, 6.45) is 0. The number of aromatic nitrogens is 2. The Morgan fingerprint density at radius 3 is 2.76 bits per heavy atom. The highest BCUT2D eigenvalue weighted by molar-refractivity contribution is 5.39. The van der Waals surface area contributed by atoms with Gasteiger partial charge in [0.2, 0.25) is 0 Å². The normalized spacial score (nSPS) is 14.0. The van der Waals surface area contributed by atoms with E-state index in [-0.39, 0.29) is 0 Å². The van der Waals surface area contributed by atoms with Crippen LogP contribution in [0.3, 0.4) is 0 Å². The molecule has 0 spiro atoms. The van der Waals surface area contributed by atoms with E-state index in [1.807, 2.05) is 4.68 Å². The predicted octanol–water partition coefficient (Wildman–Crippen LogP) is 1.67. The average molecular weight is 229 g/mol. The van der Waals surface area contributed by atoms with Gasteiger partial charge in [0, 0.05) is 12.1 Å². The molecular weight excluding hydrogens is 214 g/mol. The van der Waals surface area contributed by atoms with E-state index in [4.69, 9.17) is 10.5 Å². The molecule has 17 heavy (non-hydrogen) atoms. The largest absolute Gasteiger partial charge is 0.370 e. The molecule has 2 aromatic rings. The standard InChI is InChI=1S/C13H15N3O/c1-9-2-4-10(5-3-9)16-13-8-17-7-11(13)12(6-14)15-16/h2-5H,6-8,14H2,1H3. The third kappa shape index (κ3) is 1.66. The molecule has 0 radical (unpaired) electrons. The van der Waals surface area contributed by atoms with Crippen molar-refractivity contribution in [3.8, 4) is 5.69 Å². The zero-order valence-electron chi connectivity index (χ0n) is 9.81. The number of fused-ring (bicyclic) bond motifs is 1. The van der Waals surface area contributed by atoms with Crippen molar-refractivity contribution in [2.45, 2.75) is 26.7 Å². The number of hydrogen-bond acceptors (Lipinski definition) is 3. The van der Waals surface area contributed by atoms with Crippen molar-refractivity contribution in [1.82, 2.24) is 9.78 Å². The van der Waals surface area contributed by atoms with Crippen LogP contribution >= 0.6 is 0 Å². The molecule has 1 aliphatic rings. The van der Waals surface area contributed by atoms with Gasteiger partial charge in [0.15, 0.2) is 0 Å². The molecular formula is C13H15N3O. The number of ether oxygens (including phenoxy) is 1. The number of benzene rings is 1. The Balaban J connectivity index is 2.12. The molecule has 1 aromatic carbocycles. The Hall–Kier alpha value is -1.65. The minimum absolute atomic E-state index is 0.463. The molecule has 2 heterocycles. The van der Waals surface area contributed by atoms with Gasteiger partial charge in [-0.15, -0.1) is 0 Å². The maximum absolute atomic E-state index is 5.71. The SMILES string of the molecule is Cc1ccc(-n2nc(CN)c3c2COC3)cc1. The van der Waals surface area contributed by atoms with Crippen LogP contribution in [0.5, 0.6) is 0 Å². The second-order valence-corrected chi connectivity index (χ2v) is 4.32. The molecule has 4 nitrogen and oxygen atoms in total. The van der Waals surface area contributed by atoms with Gasteiger partial charge in [-0.2, -0.15) is 5.10 Å². The summed E-state index contributed by atoms with van der Waals surface area (Å²) in [5, 5.41) is 4.56. The zero-order chi connectivity index (χ0) is 11.8. The first-order valence-corrected chi connectivity index (χ1v) is 5.74. The maximum atomic E-state index is 5.71. The van der Waals surface area contributed by atoms with Crippen LogP contribution in [0, 0.1) is 6.92 Å². The Labute approximate surface area is 100 Å². The van der Waals surface area contributed by atoms with Crippen molar-refractivity contribution in [1.29, 1.82) is 0 Å². The van der Waals surface area contributed by atoms with Crippen LogP contribution in [0.4, 0.5) is 0 Å². The number of nitrogens with two attached hydrogens (primary N) is 1. The summed E-state index contributed by atoms with van der Waals surface area (Å²) in [6.45, 7) is 3.79.